The van der Waals surface area contributed by atoms with Crippen molar-refractivity contribution in [3.63, 3.8) is 0 Å². The number of anilines is 1. The fourth-order valence-corrected chi connectivity index (χ4v) is 2.03. The molecule has 24 heavy (non-hydrogen) atoms. The number of rotatable bonds is 8. The average molecular weight is 330 g/mol. The third-order valence-corrected chi connectivity index (χ3v) is 3.17. The smallest absolute Gasteiger partial charge is 0.255 e. The van der Waals surface area contributed by atoms with Crippen LogP contribution in [0.5, 0.6) is 17.4 Å². The average Bonchev–Trinajstić information content (AvgIpc) is 2.61. The Morgan fingerprint density at radius 1 is 1.12 bits per heavy atom. The summed E-state index contributed by atoms with van der Waals surface area (Å²) >= 11 is 0. The van der Waals surface area contributed by atoms with E-state index in [1.807, 2.05) is 13.8 Å². The Morgan fingerprint density at radius 2 is 1.96 bits per heavy atom. The van der Waals surface area contributed by atoms with Gasteiger partial charge in [0.1, 0.15) is 0 Å². The molecule has 0 aliphatic heterocycles. The molecule has 1 amide bonds. The van der Waals surface area contributed by atoms with Crippen LogP contribution >= 0.6 is 0 Å². The molecule has 128 valence electrons. The number of aromatic nitrogens is 1. The van der Waals surface area contributed by atoms with Gasteiger partial charge >= 0.3 is 0 Å². The molecule has 0 aliphatic rings. The van der Waals surface area contributed by atoms with E-state index in [1.54, 1.807) is 36.5 Å². The molecule has 0 saturated heterocycles. The van der Waals surface area contributed by atoms with Gasteiger partial charge in [-0.15, -0.1) is 0 Å². The van der Waals surface area contributed by atoms with E-state index in [-0.39, 0.29) is 5.91 Å². The Labute approximate surface area is 141 Å². The predicted molar refractivity (Wildman–Crippen MR) is 92.1 cm³/mol. The summed E-state index contributed by atoms with van der Waals surface area (Å²) in [4.78, 5) is 16.4. The molecule has 6 nitrogen and oxygen atoms in total. The summed E-state index contributed by atoms with van der Waals surface area (Å²) in [6.07, 6.45) is 2.44. The van der Waals surface area contributed by atoms with Crippen molar-refractivity contribution in [2.45, 2.75) is 20.3 Å². The first-order chi connectivity index (χ1) is 11.7. The topological polar surface area (TPSA) is 69.7 Å². The summed E-state index contributed by atoms with van der Waals surface area (Å²) in [6.45, 7) is 5.02. The number of hydrogen-bond acceptors (Lipinski definition) is 5. The van der Waals surface area contributed by atoms with Crippen LogP contribution in [0.15, 0.2) is 36.5 Å². The molecule has 1 N–H and O–H groups in total. The van der Waals surface area contributed by atoms with Crippen molar-refractivity contribution in [2.24, 2.45) is 0 Å². The molecule has 1 aromatic heterocycles. The molecule has 0 atom stereocenters. The van der Waals surface area contributed by atoms with Crippen LogP contribution in [0.25, 0.3) is 0 Å². The second kappa shape index (κ2) is 8.76. The molecule has 0 saturated carbocycles. The number of ether oxygens (including phenoxy) is 3. The number of carbonyl (C=O) groups excluding carboxylic acids is 1. The van der Waals surface area contributed by atoms with Gasteiger partial charge in [0.15, 0.2) is 11.5 Å². The molecule has 0 unspecified atom stereocenters. The van der Waals surface area contributed by atoms with E-state index in [0.717, 1.165) is 6.42 Å². The van der Waals surface area contributed by atoms with Crippen molar-refractivity contribution in [3.8, 4) is 17.4 Å². The second-order valence-electron chi connectivity index (χ2n) is 4.99. The van der Waals surface area contributed by atoms with Crippen molar-refractivity contribution in [2.75, 3.05) is 25.6 Å². The van der Waals surface area contributed by atoms with E-state index < -0.39 is 0 Å². The standard InChI is InChI=1S/C18H22N2O4/c1-4-10-24-15-8-6-13(11-16(15)23-5-2)18(21)20-14-7-9-17(22-3)19-12-14/h6-9,11-12H,4-5,10H2,1-3H3,(H,20,21). The maximum Gasteiger partial charge on any atom is 0.255 e. The first-order valence-electron chi connectivity index (χ1n) is 7.89. The fourth-order valence-electron chi connectivity index (χ4n) is 2.03. The number of benzene rings is 1. The van der Waals surface area contributed by atoms with Crippen LogP contribution in [0.2, 0.25) is 0 Å². The highest BCUT2D eigenvalue weighted by Gasteiger charge is 2.12. The molecule has 6 heteroatoms. The number of carbonyl (C=O) groups is 1. The van der Waals surface area contributed by atoms with E-state index in [0.29, 0.717) is 41.8 Å². The van der Waals surface area contributed by atoms with Crippen molar-refractivity contribution in [1.82, 2.24) is 4.98 Å². The van der Waals surface area contributed by atoms with Crippen LogP contribution in [-0.4, -0.2) is 31.2 Å². The molecule has 1 aromatic carbocycles. The summed E-state index contributed by atoms with van der Waals surface area (Å²) in [6, 6.07) is 8.55. The minimum atomic E-state index is -0.245. The number of hydrogen-bond donors (Lipinski definition) is 1. The van der Waals surface area contributed by atoms with Gasteiger partial charge in [-0.25, -0.2) is 4.98 Å². The predicted octanol–water partition coefficient (Wildman–Crippen LogP) is 3.53. The monoisotopic (exact) mass is 330 g/mol. The highest BCUT2D eigenvalue weighted by Crippen LogP contribution is 2.29. The summed E-state index contributed by atoms with van der Waals surface area (Å²) in [7, 11) is 1.54. The SMILES string of the molecule is CCCOc1ccc(C(=O)Nc2ccc(OC)nc2)cc1OCC. The number of pyridine rings is 1. The van der Waals surface area contributed by atoms with Crippen molar-refractivity contribution < 1.29 is 19.0 Å². The van der Waals surface area contributed by atoms with Gasteiger partial charge in [-0.3, -0.25) is 4.79 Å². The van der Waals surface area contributed by atoms with Crippen LogP contribution in [0.1, 0.15) is 30.6 Å². The number of methoxy groups -OCH3 is 1. The van der Waals surface area contributed by atoms with Gasteiger partial charge < -0.3 is 19.5 Å². The molecule has 2 rings (SSSR count). The number of nitrogens with one attached hydrogen (secondary N) is 1. The Balaban J connectivity index is 2.13. The molecule has 0 spiro atoms. The molecule has 1 heterocycles. The highest BCUT2D eigenvalue weighted by atomic mass is 16.5. The molecule has 0 bridgehead atoms. The minimum absolute atomic E-state index is 0.245. The lowest BCUT2D eigenvalue weighted by Crippen LogP contribution is -2.12. The highest BCUT2D eigenvalue weighted by molar-refractivity contribution is 6.04. The normalized spacial score (nSPS) is 10.1. The summed E-state index contributed by atoms with van der Waals surface area (Å²) < 4.78 is 16.2. The van der Waals surface area contributed by atoms with Gasteiger partial charge in [0.05, 0.1) is 32.2 Å². The van der Waals surface area contributed by atoms with E-state index in [2.05, 4.69) is 10.3 Å². The maximum atomic E-state index is 12.4. The van der Waals surface area contributed by atoms with E-state index in [1.165, 1.54) is 7.11 Å². The van der Waals surface area contributed by atoms with E-state index in [4.69, 9.17) is 14.2 Å². The van der Waals surface area contributed by atoms with Crippen LogP contribution in [-0.2, 0) is 0 Å². The molecular weight excluding hydrogens is 308 g/mol. The first-order valence-corrected chi connectivity index (χ1v) is 7.89. The molecule has 2 aromatic rings. The van der Waals surface area contributed by atoms with Crippen LogP contribution in [0, 0.1) is 0 Å². The van der Waals surface area contributed by atoms with Crippen molar-refractivity contribution >= 4 is 11.6 Å². The number of nitrogens with zero attached hydrogens (tertiary/aromatic N) is 1. The fraction of sp³-hybridized carbons (Fsp3) is 0.333. The Bertz CT molecular complexity index is 671. The van der Waals surface area contributed by atoms with Gasteiger partial charge in [-0.1, -0.05) is 6.92 Å². The van der Waals surface area contributed by atoms with Crippen LogP contribution in [0.3, 0.4) is 0 Å². The first kappa shape index (κ1) is 17.6. The third-order valence-electron chi connectivity index (χ3n) is 3.17. The molecular formula is C18H22N2O4. The zero-order valence-corrected chi connectivity index (χ0v) is 14.2. The molecule has 0 radical (unpaired) electrons. The number of amides is 1. The summed E-state index contributed by atoms with van der Waals surface area (Å²) in [5, 5.41) is 2.79. The Kier molecular flexibility index (Phi) is 6.42. The Hall–Kier alpha value is -2.76. The van der Waals surface area contributed by atoms with Gasteiger partial charge in [0.2, 0.25) is 5.88 Å². The largest absolute Gasteiger partial charge is 0.490 e. The van der Waals surface area contributed by atoms with Gasteiger partial charge in [0, 0.05) is 11.6 Å². The zero-order valence-electron chi connectivity index (χ0n) is 14.2. The Morgan fingerprint density at radius 3 is 2.58 bits per heavy atom. The van der Waals surface area contributed by atoms with Crippen LogP contribution < -0.4 is 19.5 Å². The van der Waals surface area contributed by atoms with Gasteiger partial charge in [-0.05, 0) is 37.6 Å². The lowest BCUT2D eigenvalue weighted by atomic mass is 10.2. The van der Waals surface area contributed by atoms with E-state index in [9.17, 15) is 4.79 Å². The van der Waals surface area contributed by atoms with Gasteiger partial charge in [-0.2, -0.15) is 0 Å². The van der Waals surface area contributed by atoms with Crippen LogP contribution in [0.4, 0.5) is 5.69 Å². The lowest BCUT2D eigenvalue weighted by Gasteiger charge is -2.13. The van der Waals surface area contributed by atoms with Crippen molar-refractivity contribution in [1.29, 1.82) is 0 Å². The minimum Gasteiger partial charge on any atom is -0.490 e. The quantitative estimate of drug-likeness (QED) is 0.802. The van der Waals surface area contributed by atoms with E-state index >= 15 is 0 Å². The maximum absolute atomic E-state index is 12.4. The van der Waals surface area contributed by atoms with Crippen molar-refractivity contribution in [3.05, 3.63) is 42.1 Å². The summed E-state index contributed by atoms with van der Waals surface area (Å²) in [5.41, 5.74) is 1.07. The zero-order chi connectivity index (χ0) is 17.4. The lowest BCUT2D eigenvalue weighted by molar-refractivity contribution is 0.102. The van der Waals surface area contributed by atoms with Gasteiger partial charge in [0.25, 0.3) is 5.91 Å². The molecule has 0 fully saturated rings. The second-order valence-corrected chi connectivity index (χ2v) is 4.99. The third kappa shape index (κ3) is 4.62. The summed E-state index contributed by atoms with van der Waals surface area (Å²) in [5.74, 6) is 1.45. The molecule has 0 aliphatic carbocycles.